The second-order valence-corrected chi connectivity index (χ2v) is 12.7. The summed E-state index contributed by atoms with van der Waals surface area (Å²) in [5.41, 5.74) is 1.31. The lowest BCUT2D eigenvalue weighted by Crippen LogP contribution is -2.53. The van der Waals surface area contributed by atoms with Gasteiger partial charge in [-0.05, 0) is 110 Å². The Labute approximate surface area is 194 Å². The summed E-state index contributed by atoms with van der Waals surface area (Å²) in [6, 6.07) is 0. The van der Waals surface area contributed by atoms with Crippen LogP contribution in [0.15, 0.2) is 0 Å². The van der Waals surface area contributed by atoms with Crippen LogP contribution in [0.25, 0.3) is 0 Å². The Bertz CT molecular complexity index is 547. The summed E-state index contributed by atoms with van der Waals surface area (Å²) in [5, 5.41) is 9.32. The summed E-state index contributed by atoms with van der Waals surface area (Å²) in [6.07, 6.45) is 19.2. The van der Waals surface area contributed by atoms with Gasteiger partial charge < -0.3 is 9.84 Å². The van der Waals surface area contributed by atoms with Crippen molar-refractivity contribution >= 4 is 0 Å². The van der Waals surface area contributed by atoms with Crippen LogP contribution in [0.1, 0.15) is 111 Å². The zero-order valence-electron chi connectivity index (χ0n) is 21.8. The van der Waals surface area contributed by atoms with Crippen LogP contribution in [0.2, 0.25) is 0 Å². The smallest absolute Gasteiger partial charge is 0.0456 e. The lowest BCUT2D eigenvalue weighted by molar-refractivity contribution is -0.114. The molecular weight excluding hydrogens is 380 g/mol. The number of hydrogen-bond donors (Lipinski definition) is 1. The second-order valence-electron chi connectivity index (χ2n) is 12.7. The number of hydrogen-bond acceptors (Lipinski definition) is 2. The van der Waals surface area contributed by atoms with Crippen LogP contribution < -0.4 is 0 Å². The molecule has 0 spiro atoms. The first-order chi connectivity index (χ1) is 14.8. The number of fused-ring (bicyclic) bond motifs is 5. The maximum atomic E-state index is 9.32. The molecule has 2 heteroatoms. The van der Waals surface area contributed by atoms with E-state index in [-0.39, 0.29) is 0 Å². The monoisotopic (exact) mass is 434 g/mol. The van der Waals surface area contributed by atoms with Crippen molar-refractivity contribution in [3.05, 3.63) is 0 Å². The maximum absolute atomic E-state index is 9.32. The van der Waals surface area contributed by atoms with E-state index in [0.717, 1.165) is 35.5 Å². The van der Waals surface area contributed by atoms with Crippen molar-refractivity contribution in [3.8, 4) is 0 Å². The van der Waals surface area contributed by atoms with Gasteiger partial charge in [0.1, 0.15) is 0 Å². The summed E-state index contributed by atoms with van der Waals surface area (Å²) < 4.78 is 4.25. The maximum Gasteiger partial charge on any atom is 0.0456 e. The van der Waals surface area contributed by atoms with Crippen molar-refractivity contribution in [2.45, 2.75) is 111 Å². The number of rotatable bonds is 6. The normalized spacial score (nSPS) is 43.6. The van der Waals surface area contributed by atoms with Crippen molar-refractivity contribution in [1.29, 1.82) is 0 Å². The zero-order valence-corrected chi connectivity index (χ0v) is 21.8. The highest BCUT2D eigenvalue weighted by Gasteiger charge is 2.59. The van der Waals surface area contributed by atoms with E-state index in [9.17, 15) is 5.11 Å². The molecule has 1 N–H and O–H groups in total. The molecular formula is C29H54O2. The summed E-state index contributed by atoms with van der Waals surface area (Å²) in [5.74, 6) is 6.49. The van der Waals surface area contributed by atoms with Gasteiger partial charge in [-0.25, -0.2) is 0 Å². The molecule has 0 aromatic carbocycles. The molecule has 4 aliphatic rings. The van der Waals surface area contributed by atoms with E-state index in [1.807, 2.05) is 0 Å². The van der Waals surface area contributed by atoms with E-state index in [1.54, 1.807) is 27.1 Å². The van der Waals surface area contributed by atoms with E-state index in [2.05, 4.69) is 32.4 Å². The molecule has 2 unspecified atom stereocenters. The van der Waals surface area contributed by atoms with Crippen molar-refractivity contribution < 1.29 is 9.84 Å². The number of aliphatic hydroxyl groups is 1. The Hall–Kier alpha value is -0.0800. The van der Waals surface area contributed by atoms with Gasteiger partial charge in [-0.2, -0.15) is 0 Å². The van der Waals surface area contributed by atoms with Crippen LogP contribution in [0.3, 0.4) is 0 Å². The van der Waals surface area contributed by atoms with Crippen molar-refractivity contribution in [2.75, 3.05) is 20.8 Å². The molecule has 0 bridgehead atoms. The molecule has 0 saturated heterocycles. The van der Waals surface area contributed by atoms with Gasteiger partial charge in [0.15, 0.2) is 0 Å². The fourth-order valence-corrected chi connectivity index (χ4v) is 9.35. The fraction of sp³-hybridized carbons (Fsp3) is 1.00. The zero-order chi connectivity index (χ0) is 22.6. The minimum Gasteiger partial charge on any atom is -0.396 e. The van der Waals surface area contributed by atoms with Gasteiger partial charge >= 0.3 is 0 Å². The Kier molecular flexibility index (Phi) is 8.98. The first kappa shape index (κ1) is 25.5. The molecule has 4 saturated carbocycles. The number of aliphatic hydroxyl groups excluding tert-OH is 1. The Morgan fingerprint density at radius 3 is 2.26 bits per heavy atom. The van der Waals surface area contributed by atoms with Crippen LogP contribution in [0, 0.1) is 52.3 Å². The van der Waals surface area contributed by atoms with Gasteiger partial charge in [-0.1, -0.05) is 53.4 Å². The molecule has 4 fully saturated rings. The van der Waals surface area contributed by atoms with Crippen LogP contribution in [-0.4, -0.2) is 25.9 Å². The summed E-state index contributed by atoms with van der Waals surface area (Å²) in [6.45, 7) is 10.6. The number of methoxy groups -OCH3 is 1. The fourth-order valence-electron chi connectivity index (χ4n) is 9.35. The highest BCUT2D eigenvalue weighted by atomic mass is 16.4. The average molecular weight is 435 g/mol. The average Bonchev–Trinajstić information content (AvgIpc) is 3.11. The van der Waals surface area contributed by atoms with Gasteiger partial charge in [0.2, 0.25) is 0 Å². The summed E-state index contributed by atoms with van der Waals surface area (Å²) in [7, 11) is 3.25. The molecule has 9 atom stereocenters. The molecule has 0 amide bonds. The molecule has 4 aliphatic carbocycles. The van der Waals surface area contributed by atoms with Gasteiger partial charge in [-0.15, -0.1) is 0 Å². The molecule has 0 heterocycles. The van der Waals surface area contributed by atoms with Gasteiger partial charge in [0, 0.05) is 20.8 Å². The first-order valence-electron chi connectivity index (χ1n) is 13.8. The van der Waals surface area contributed by atoms with Crippen molar-refractivity contribution in [2.24, 2.45) is 52.3 Å². The van der Waals surface area contributed by atoms with Crippen LogP contribution in [-0.2, 0) is 4.74 Å². The Morgan fingerprint density at radius 2 is 1.55 bits per heavy atom. The van der Waals surface area contributed by atoms with Crippen LogP contribution in [0.4, 0.5) is 0 Å². The molecule has 4 rings (SSSR count). The second kappa shape index (κ2) is 10.9. The van der Waals surface area contributed by atoms with Gasteiger partial charge in [0.05, 0.1) is 0 Å². The molecule has 0 radical (unpaired) electrons. The van der Waals surface area contributed by atoms with E-state index < -0.39 is 0 Å². The van der Waals surface area contributed by atoms with E-state index in [0.29, 0.717) is 23.4 Å². The largest absolute Gasteiger partial charge is 0.396 e. The third-order valence-electron chi connectivity index (χ3n) is 11.0. The van der Waals surface area contributed by atoms with Crippen LogP contribution >= 0.6 is 0 Å². The van der Waals surface area contributed by atoms with Crippen molar-refractivity contribution in [1.82, 2.24) is 0 Å². The van der Waals surface area contributed by atoms with E-state index in [4.69, 9.17) is 0 Å². The molecule has 0 aromatic rings. The third kappa shape index (κ3) is 5.06. The number of ether oxygens (including phenoxy) is 1. The lowest BCUT2D eigenvalue weighted by atomic mass is 9.44. The molecule has 182 valence electrons. The topological polar surface area (TPSA) is 29.5 Å². The highest BCUT2D eigenvalue weighted by molar-refractivity contribution is 5.09. The third-order valence-corrected chi connectivity index (χ3v) is 11.0. The quantitative estimate of drug-likeness (QED) is 0.463. The van der Waals surface area contributed by atoms with E-state index >= 15 is 0 Å². The predicted molar refractivity (Wildman–Crippen MR) is 132 cm³/mol. The molecule has 31 heavy (non-hydrogen) atoms. The predicted octanol–water partition coefficient (Wildman–Crippen LogP) is 7.73. The van der Waals surface area contributed by atoms with E-state index in [1.165, 1.54) is 70.6 Å². The highest BCUT2D eigenvalue weighted by Crippen LogP contribution is 2.68. The summed E-state index contributed by atoms with van der Waals surface area (Å²) in [4.78, 5) is 0. The Balaban J connectivity index is 0.000000858. The van der Waals surface area contributed by atoms with Gasteiger partial charge in [-0.3, -0.25) is 0 Å². The van der Waals surface area contributed by atoms with Crippen molar-refractivity contribution in [3.63, 3.8) is 0 Å². The Morgan fingerprint density at radius 1 is 0.839 bits per heavy atom. The first-order valence-corrected chi connectivity index (χ1v) is 13.8. The standard InChI is InChI=1S/C27H48O.C2H6O/c1-19(18-28)8-7-9-20(2)23-13-14-24-22-12-11-21-10-5-6-16-26(21,3)25(22)15-17-27(23,24)4;1-3-2/h19-25,28H,5-18H2,1-4H3;1-2H3/t19?,20-,21?,22+,23-,24+,25+,26+,27-;/m1./s1. The molecule has 0 aromatic heterocycles. The minimum atomic E-state index is 0.362. The molecule has 2 nitrogen and oxygen atoms in total. The SMILES string of the molecule is CC(CO)CCC[C@@H](C)[C@H]1CC[C@H]2[C@@H]3CCC4CCCC[C@]4(C)[C@H]3CC[C@]12C.COC. The minimum absolute atomic E-state index is 0.362. The van der Waals surface area contributed by atoms with Crippen LogP contribution in [0.5, 0.6) is 0 Å². The summed E-state index contributed by atoms with van der Waals surface area (Å²) >= 11 is 0. The molecule has 0 aliphatic heterocycles. The lowest BCUT2D eigenvalue weighted by Gasteiger charge is -2.61. The van der Waals surface area contributed by atoms with Gasteiger partial charge in [0.25, 0.3) is 0 Å².